The van der Waals surface area contributed by atoms with Crippen LogP contribution in [-0.2, 0) is 20.8 Å². The summed E-state index contributed by atoms with van der Waals surface area (Å²) in [6, 6.07) is 21.4. The van der Waals surface area contributed by atoms with Crippen molar-refractivity contribution >= 4 is 11.8 Å². The molecule has 0 saturated carbocycles. The Balaban J connectivity index is 1.29. The molecular formula is C32H39N3O5. The maximum atomic E-state index is 13.8. The lowest BCUT2D eigenvalue weighted by molar-refractivity contribution is -0.134. The Bertz CT molecular complexity index is 1190. The highest BCUT2D eigenvalue weighted by molar-refractivity contribution is 5.97. The molecule has 2 saturated heterocycles. The SMILES string of the molecule is O=C(CN(CCCN1CCOCC1)C(=O)c1ccc(-c2ccccc2)cc1)N(Cc1ccco1)CC1CCCO1. The smallest absolute Gasteiger partial charge is 0.254 e. The molecule has 5 rings (SSSR count). The number of hydrogen-bond donors (Lipinski definition) is 0. The van der Waals surface area contributed by atoms with Gasteiger partial charge in [-0.05, 0) is 54.7 Å². The Hall–Kier alpha value is -3.46. The van der Waals surface area contributed by atoms with Gasteiger partial charge in [-0.15, -0.1) is 0 Å². The lowest BCUT2D eigenvalue weighted by atomic mass is 10.0. The number of benzene rings is 2. The molecule has 212 valence electrons. The van der Waals surface area contributed by atoms with Crippen LogP contribution >= 0.6 is 0 Å². The molecule has 8 nitrogen and oxygen atoms in total. The largest absolute Gasteiger partial charge is 0.467 e. The van der Waals surface area contributed by atoms with Crippen LogP contribution in [0.5, 0.6) is 0 Å². The molecule has 2 aromatic carbocycles. The Morgan fingerprint density at radius 2 is 1.65 bits per heavy atom. The van der Waals surface area contributed by atoms with Crippen molar-refractivity contribution in [3.63, 3.8) is 0 Å². The molecule has 1 aromatic heterocycles. The average molecular weight is 546 g/mol. The molecule has 0 spiro atoms. The van der Waals surface area contributed by atoms with Crippen molar-refractivity contribution in [2.24, 2.45) is 0 Å². The van der Waals surface area contributed by atoms with Gasteiger partial charge in [0.1, 0.15) is 12.3 Å². The van der Waals surface area contributed by atoms with E-state index in [1.807, 2.05) is 54.6 Å². The minimum absolute atomic E-state index is 0.00918. The summed E-state index contributed by atoms with van der Waals surface area (Å²) < 4.78 is 16.8. The zero-order valence-electron chi connectivity index (χ0n) is 23.1. The minimum atomic E-state index is -0.134. The molecule has 8 heteroatoms. The number of hydrogen-bond acceptors (Lipinski definition) is 6. The van der Waals surface area contributed by atoms with Crippen LogP contribution in [0.1, 0.15) is 35.4 Å². The Kier molecular flexibility index (Phi) is 10.0. The number of rotatable bonds is 12. The predicted molar refractivity (Wildman–Crippen MR) is 153 cm³/mol. The first-order valence-corrected chi connectivity index (χ1v) is 14.3. The molecule has 0 bridgehead atoms. The fourth-order valence-electron chi connectivity index (χ4n) is 5.32. The molecule has 2 fully saturated rings. The van der Waals surface area contributed by atoms with E-state index in [-0.39, 0.29) is 24.5 Å². The van der Waals surface area contributed by atoms with Crippen LogP contribution in [0.2, 0.25) is 0 Å². The van der Waals surface area contributed by atoms with E-state index in [1.54, 1.807) is 16.1 Å². The van der Waals surface area contributed by atoms with Gasteiger partial charge in [-0.25, -0.2) is 0 Å². The maximum Gasteiger partial charge on any atom is 0.254 e. The summed E-state index contributed by atoms with van der Waals surface area (Å²) in [5.74, 6) is 0.477. The van der Waals surface area contributed by atoms with E-state index in [0.717, 1.165) is 69.8 Å². The molecule has 1 atom stereocenters. The Labute approximate surface area is 236 Å². The number of furan rings is 1. The molecule has 0 N–H and O–H groups in total. The number of carbonyl (C=O) groups excluding carboxylic acids is 2. The van der Waals surface area contributed by atoms with E-state index in [1.165, 1.54) is 0 Å². The fraction of sp³-hybridized carbons (Fsp3) is 0.438. The van der Waals surface area contributed by atoms with Gasteiger partial charge in [0.25, 0.3) is 5.91 Å². The van der Waals surface area contributed by atoms with Crippen molar-refractivity contribution in [3.05, 3.63) is 84.3 Å². The van der Waals surface area contributed by atoms with Gasteiger partial charge in [-0.3, -0.25) is 14.5 Å². The first-order chi connectivity index (χ1) is 19.7. The lowest BCUT2D eigenvalue weighted by Gasteiger charge is -2.30. The van der Waals surface area contributed by atoms with Crippen LogP contribution in [0.15, 0.2) is 77.4 Å². The van der Waals surface area contributed by atoms with Gasteiger partial charge in [0.2, 0.25) is 5.91 Å². The highest BCUT2D eigenvalue weighted by Crippen LogP contribution is 2.21. The summed E-state index contributed by atoms with van der Waals surface area (Å²) in [6.07, 6.45) is 4.33. The van der Waals surface area contributed by atoms with Gasteiger partial charge < -0.3 is 23.7 Å². The molecule has 2 amide bonds. The van der Waals surface area contributed by atoms with Gasteiger partial charge in [-0.1, -0.05) is 42.5 Å². The van der Waals surface area contributed by atoms with Crippen LogP contribution in [0.4, 0.5) is 0 Å². The first kappa shape index (κ1) is 28.1. The molecule has 3 aromatic rings. The van der Waals surface area contributed by atoms with Crippen LogP contribution in [-0.4, -0.2) is 91.7 Å². The van der Waals surface area contributed by atoms with Gasteiger partial charge in [0, 0.05) is 44.9 Å². The number of morpholine rings is 1. The molecule has 0 radical (unpaired) electrons. The van der Waals surface area contributed by atoms with Crippen LogP contribution < -0.4 is 0 Å². The quantitative estimate of drug-likeness (QED) is 0.338. The summed E-state index contributed by atoms with van der Waals surface area (Å²) in [5.41, 5.74) is 2.73. The summed E-state index contributed by atoms with van der Waals surface area (Å²) in [7, 11) is 0. The van der Waals surface area contributed by atoms with E-state index < -0.39 is 0 Å². The van der Waals surface area contributed by atoms with E-state index in [2.05, 4.69) is 17.0 Å². The van der Waals surface area contributed by atoms with E-state index >= 15 is 0 Å². The second kappa shape index (κ2) is 14.3. The summed E-state index contributed by atoms with van der Waals surface area (Å²) in [6.45, 7) is 6.19. The third-order valence-electron chi connectivity index (χ3n) is 7.59. The van der Waals surface area contributed by atoms with Gasteiger partial charge in [0.15, 0.2) is 0 Å². The molecular weight excluding hydrogens is 506 g/mol. The highest BCUT2D eigenvalue weighted by atomic mass is 16.5. The lowest BCUT2D eigenvalue weighted by Crippen LogP contribution is -2.46. The maximum absolute atomic E-state index is 13.8. The number of nitrogens with zero attached hydrogens (tertiary/aromatic N) is 3. The van der Waals surface area contributed by atoms with Gasteiger partial charge in [-0.2, -0.15) is 0 Å². The second-order valence-corrected chi connectivity index (χ2v) is 10.5. The minimum Gasteiger partial charge on any atom is -0.467 e. The number of amides is 2. The highest BCUT2D eigenvalue weighted by Gasteiger charge is 2.27. The number of ether oxygens (including phenoxy) is 2. The molecule has 2 aliphatic heterocycles. The van der Waals surface area contributed by atoms with Crippen molar-refractivity contribution in [3.8, 4) is 11.1 Å². The zero-order chi connectivity index (χ0) is 27.6. The van der Waals surface area contributed by atoms with Crippen LogP contribution in [0.25, 0.3) is 11.1 Å². The zero-order valence-corrected chi connectivity index (χ0v) is 23.1. The standard InChI is InChI=1S/C32H39N3O5/c36-31(35(23-29-9-4-19-39-29)24-30-10-5-20-40-30)25-34(16-6-15-33-17-21-38-22-18-33)32(37)28-13-11-27(12-14-28)26-7-2-1-3-8-26/h1-4,7-9,11-14,19,30H,5-6,10,15-18,20-25H2. The molecule has 40 heavy (non-hydrogen) atoms. The fourth-order valence-corrected chi connectivity index (χ4v) is 5.32. The first-order valence-electron chi connectivity index (χ1n) is 14.3. The third-order valence-corrected chi connectivity index (χ3v) is 7.59. The Morgan fingerprint density at radius 3 is 2.35 bits per heavy atom. The molecule has 2 aliphatic rings. The average Bonchev–Trinajstić information content (AvgIpc) is 3.72. The second-order valence-electron chi connectivity index (χ2n) is 10.5. The number of carbonyl (C=O) groups is 2. The van der Waals surface area contributed by atoms with E-state index in [9.17, 15) is 9.59 Å². The van der Waals surface area contributed by atoms with E-state index in [4.69, 9.17) is 13.9 Å². The van der Waals surface area contributed by atoms with Crippen molar-refractivity contribution in [2.45, 2.75) is 31.9 Å². The predicted octanol–water partition coefficient (Wildman–Crippen LogP) is 4.32. The topological polar surface area (TPSA) is 75.5 Å². The Morgan fingerprint density at radius 1 is 0.875 bits per heavy atom. The normalized spacial score (nSPS) is 17.6. The van der Waals surface area contributed by atoms with E-state index in [0.29, 0.717) is 31.0 Å². The van der Waals surface area contributed by atoms with Crippen molar-refractivity contribution in [2.75, 3.05) is 59.1 Å². The van der Waals surface area contributed by atoms with Crippen molar-refractivity contribution < 1.29 is 23.5 Å². The summed E-state index contributed by atoms with van der Waals surface area (Å²) in [5, 5.41) is 0. The molecule has 1 unspecified atom stereocenters. The van der Waals surface area contributed by atoms with Crippen LogP contribution in [0, 0.1) is 0 Å². The molecule has 0 aliphatic carbocycles. The summed E-state index contributed by atoms with van der Waals surface area (Å²) in [4.78, 5) is 33.3. The van der Waals surface area contributed by atoms with Gasteiger partial charge >= 0.3 is 0 Å². The van der Waals surface area contributed by atoms with Crippen molar-refractivity contribution in [1.29, 1.82) is 0 Å². The van der Waals surface area contributed by atoms with Gasteiger partial charge in [0.05, 0.1) is 32.1 Å². The van der Waals surface area contributed by atoms with Crippen molar-refractivity contribution in [1.82, 2.24) is 14.7 Å². The molecule has 3 heterocycles. The summed E-state index contributed by atoms with van der Waals surface area (Å²) >= 11 is 0. The third kappa shape index (κ3) is 7.81. The monoisotopic (exact) mass is 545 g/mol. The van der Waals surface area contributed by atoms with Crippen LogP contribution in [0.3, 0.4) is 0 Å².